The molecule has 0 saturated carbocycles. The first-order valence-electron chi connectivity index (χ1n) is 5.18. The van der Waals surface area contributed by atoms with Gasteiger partial charge in [0.15, 0.2) is 0 Å². The molecule has 4 nitrogen and oxygen atoms in total. The number of nitrogens with zero attached hydrogens (tertiary/aromatic N) is 1. The van der Waals surface area contributed by atoms with Crippen molar-refractivity contribution in [1.29, 1.82) is 0 Å². The number of aromatic amines is 1. The normalized spacial score (nSPS) is 16.9. The van der Waals surface area contributed by atoms with E-state index >= 15 is 0 Å². The van der Waals surface area contributed by atoms with Crippen LogP contribution in [0.25, 0.3) is 11.0 Å². The standard InChI is InChI=1S/C11H13N3O/c1-7-3-2-4-9-10(7)14(11(15)13-9)8-5-12-6-8/h2-4,8,12H,5-6H2,1H3,(H,13,15). The van der Waals surface area contributed by atoms with Gasteiger partial charge < -0.3 is 10.3 Å². The molecule has 0 bridgehead atoms. The second-order valence-electron chi connectivity index (χ2n) is 4.08. The van der Waals surface area contributed by atoms with E-state index in [9.17, 15) is 4.79 Å². The summed E-state index contributed by atoms with van der Waals surface area (Å²) in [6, 6.07) is 6.27. The zero-order valence-corrected chi connectivity index (χ0v) is 8.58. The van der Waals surface area contributed by atoms with E-state index in [-0.39, 0.29) is 5.69 Å². The van der Waals surface area contributed by atoms with Gasteiger partial charge in [-0.15, -0.1) is 0 Å². The maximum atomic E-state index is 11.8. The van der Waals surface area contributed by atoms with Crippen LogP contribution in [0, 0.1) is 6.92 Å². The first-order chi connectivity index (χ1) is 7.27. The lowest BCUT2D eigenvalue weighted by molar-refractivity contribution is 0.344. The first kappa shape index (κ1) is 8.73. The molecule has 0 spiro atoms. The minimum absolute atomic E-state index is 0.00537. The fourth-order valence-corrected chi connectivity index (χ4v) is 2.16. The van der Waals surface area contributed by atoms with Gasteiger partial charge in [0.2, 0.25) is 0 Å². The SMILES string of the molecule is Cc1cccc2[nH]c(=O)n(C3CNC3)c12. The van der Waals surface area contributed by atoms with Crippen LogP contribution in [0.5, 0.6) is 0 Å². The van der Waals surface area contributed by atoms with E-state index in [1.54, 1.807) is 0 Å². The molecule has 0 radical (unpaired) electrons. The molecular formula is C11H13N3O. The predicted octanol–water partition coefficient (Wildman–Crippen LogP) is 0.782. The van der Waals surface area contributed by atoms with Gasteiger partial charge in [0.05, 0.1) is 17.1 Å². The summed E-state index contributed by atoms with van der Waals surface area (Å²) in [5, 5.41) is 3.19. The molecule has 3 rings (SSSR count). The highest BCUT2D eigenvalue weighted by atomic mass is 16.1. The third-order valence-corrected chi connectivity index (χ3v) is 3.06. The number of nitrogens with one attached hydrogen (secondary N) is 2. The van der Waals surface area contributed by atoms with E-state index in [1.807, 2.05) is 29.7 Å². The summed E-state index contributed by atoms with van der Waals surface area (Å²) in [4.78, 5) is 14.7. The van der Waals surface area contributed by atoms with Crippen LogP contribution >= 0.6 is 0 Å². The van der Waals surface area contributed by atoms with Gasteiger partial charge in [-0.1, -0.05) is 12.1 Å². The number of para-hydroxylation sites is 1. The van der Waals surface area contributed by atoms with E-state index < -0.39 is 0 Å². The van der Waals surface area contributed by atoms with E-state index in [2.05, 4.69) is 10.3 Å². The van der Waals surface area contributed by atoms with Gasteiger partial charge in [-0.05, 0) is 18.6 Å². The quantitative estimate of drug-likeness (QED) is 0.719. The van der Waals surface area contributed by atoms with E-state index in [0.29, 0.717) is 6.04 Å². The highest BCUT2D eigenvalue weighted by Gasteiger charge is 2.23. The predicted molar refractivity (Wildman–Crippen MR) is 59.2 cm³/mol. The molecular weight excluding hydrogens is 190 g/mol. The Labute approximate surface area is 86.9 Å². The molecule has 1 aliphatic heterocycles. The lowest BCUT2D eigenvalue weighted by Crippen LogP contribution is -2.46. The number of fused-ring (bicyclic) bond motifs is 1. The Morgan fingerprint density at radius 1 is 1.40 bits per heavy atom. The largest absolute Gasteiger partial charge is 0.326 e. The zero-order chi connectivity index (χ0) is 10.4. The van der Waals surface area contributed by atoms with Crippen molar-refractivity contribution in [3.8, 4) is 0 Å². The van der Waals surface area contributed by atoms with Crippen LogP contribution in [-0.2, 0) is 0 Å². The number of hydrogen-bond acceptors (Lipinski definition) is 2. The van der Waals surface area contributed by atoms with Crippen molar-refractivity contribution in [2.24, 2.45) is 0 Å². The van der Waals surface area contributed by atoms with Crippen LogP contribution < -0.4 is 11.0 Å². The van der Waals surface area contributed by atoms with Crippen molar-refractivity contribution >= 4 is 11.0 Å². The van der Waals surface area contributed by atoms with Gasteiger partial charge in [0, 0.05) is 13.1 Å². The van der Waals surface area contributed by atoms with Crippen molar-refractivity contribution in [3.63, 3.8) is 0 Å². The van der Waals surface area contributed by atoms with Crippen molar-refractivity contribution < 1.29 is 0 Å². The highest BCUT2D eigenvalue weighted by molar-refractivity contribution is 5.78. The van der Waals surface area contributed by atoms with Crippen LogP contribution in [-0.4, -0.2) is 22.6 Å². The molecule has 1 aromatic carbocycles. The Morgan fingerprint density at radius 3 is 2.87 bits per heavy atom. The molecule has 2 heterocycles. The van der Waals surface area contributed by atoms with Gasteiger partial charge in [-0.3, -0.25) is 4.57 Å². The van der Waals surface area contributed by atoms with Crippen LogP contribution in [0.1, 0.15) is 11.6 Å². The van der Waals surface area contributed by atoms with Gasteiger partial charge in [-0.25, -0.2) is 4.79 Å². The lowest BCUT2D eigenvalue weighted by atomic mass is 10.1. The summed E-state index contributed by atoms with van der Waals surface area (Å²) in [7, 11) is 0. The van der Waals surface area contributed by atoms with Gasteiger partial charge in [-0.2, -0.15) is 0 Å². The average molecular weight is 203 g/mol. The van der Waals surface area contributed by atoms with E-state index in [1.165, 1.54) is 0 Å². The molecule has 1 aromatic heterocycles. The van der Waals surface area contributed by atoms with Crippen molar-refractivity contribution in [2.75, 3.05) is 13.1 Å². The van der Waals surface area contributed by atoms with Crippen molar-refractivity contribution in [3.05, 3.63) is 34.2 Å². The molecule has 0 aliphatic carbocycles. The molecule has 15 heavy (non-hydrogen) atoms. The smallest absolute Gasteiger partial charge is 0.313 e. The second-order valence-corrected chi connectivity index (χ2v) is 4.08. The molecule has 1 saturated heterocycles. The lowest BCUT2D eigenvalue weighted by Gasteiger charge is -2.28. The van der Waals surface area contributed by atoms with Gasteiger partial charge in [0.1, 0.15) is 0 Å². The molecule has 0 unspecified atom stereocenters. The fraction of sp³-hybridized carbons (Fsp3) is 0.364. The summed E-state index contributed by atoms with van der Waals surface area (Å²) in [5.74, 6) is 0. The zero-order valence-electron chi connectivity index (χ0n) is 8.58. The van der Waals surface area contributed by atoms with Crippen molar-refractivity contribution in [1.82, 2.24) is 14.9 Å². The molecule has 0 amide bonds. The Balaban J connectivity index is 2.35. The monoisotopic (exact) mass is 203 g/mol. The Kier molecular flexibility index (Phi) is 1.73. The molecule has 1 aliphatic rings. The summed E-state index contributed by atoms with van der Waals surface area (Å²) < 4.78 is 1.88. The molecule has 78 valence electrons. The summed E-state index contributed by atoms with van der Waals surface area (Å²) in [5.41, 5.74) is 3.14. The molecule has 0 atom stereocenters. The first-order valence-corrected chi connectivity index (χ1v) is 5.18. The molecule has 2 aromatic rings. The number of H-pyrrole nitrogens is 1. The van der Waals surface area contributed by atoms with Crippen molar-refractivity contribution in [2.45, 2.75) is 13.0 Å². The maximum absolute atomic E-state index is 11.8. The van der Waals surface area contributed by atoms with Crippen LogP contribution in [0.2, 0.25) is 0 Å². The number of benzene rings is 1. The topological polar surface area (TPSA) is 49.8 Å². The van der Waals surface area contributed by atoms with Gasteiger partial charge >= 0.3 is 5.69 Å². The second kappa shape index (κ2) is 2.97. The Hall–Kier alpha value is -1.55. The molecule has 1 fully saturated rings. The molecule has 4 heteroatoms. The average Bonchev–Trinajstić information content (AvgIpc) is 2.42. The van der Waals surface area contributed by atoms with Crippen LogP contribution in [0.15, 0.2) is 23.0 Å². The molecule has 2 N–H and O–H groups in total. The van der Waals surface area contributed by atoms with E-state index in [4.69, 9.17) is 0 Å². The number of aromatic nitrogens is 2. The minimum atomic E-state index is 0.00537. The number of imidazole rings is 1. The van der Waals surface area contributed by atoms with E-state index in [0.717, 1.165) is 29.7 Å². The Bertz CT molecular complexity index is 563. The van der Waals surface area contributed by atoms with Gasteiger partial charge in [0.25, 0.3) is 0 Å². The summed E-state index contributed by atoms with van der Waals surface area (Å²) in [6.07, 6.45) is 0. The minimum Gasteiger partial charge on any atom is -0.313 e. The third-order valence-electron chi connectivity index (χ3n) is 3.06. The fourth-order valence-electron chi connectivity index (χ4n) is 2.16. The third kappa shape index (κ3) is 1.15. The number of aryl methyl sites for hydroxylation is 1. The summed E-state index contributed by atoms with van der Waals surface area (Å²) >= 11 is 0. The number of rotatable bonds is 1. The Morgan fingerprint density at radius 2 is 2.20 bits per heavy atom. The maximum Gasteiger partial charge on any atom is 0.326 e. The van der Waals surface area contributed by atoms with Crippen LogP contribution in [0.4, 0.5) is 0 Å². The van der Waals surface area contributed by atoms with Crippen LogP contribution in [0.3, 0.4) is 0 Å². The number of hydrogen-bond donors (Lipinski definition) is 2. The summed E-state index contributed by atoms with van der Waals surface area (Å²) in [6.45, 7) is 3.82. The highest BCUT2D eigenvalue weighted by Crippen LogP contribution is 2.20.